The number of ether oxygens (including phenoxy) is 1. The molecule has 2 aromatic carbocycles. The number of hydrogen-bond donors (Lipinski definition) is 1. The minimum absolute atomic E-state index is 0.0749. The zero-order valence-electron chi connectivity index (χ0n) is 13.1. The quantitative estimate of drug-likeness (QED) is 0.940. The van der Waals surface area contributed by atoms with Gasteiger partial charge in [0.25, 0.3) is 5.91 Å². The Hall–Kier alpha value is -2.47. The van der Waals surface area contributed by atoms with Crippen molar-refractivity contribution >= 4 is 5.91 Å². The molecule has 1 N–H and O–H groups in total. The lowest BCUT2D eigenvalue weighted by Crippen LogP contribution is -2.32. The van der Waals surface area contributed by atoms with Gasteiger partial charge >= 0.3 is 0 Å². The highest BCUT2D eigenvalue weighted by molar-refractivity contribution is 5.95. The molecular formula is C18H17F2NO3. The number of rotatable bonds is 3. The number of β-amino-alcohol motifs (C(OH)–C–C–N with tert-alkyl or cyclic N) is 1. The summed E-state index contributed by atoms with van der Waals surface area (Å²) in [6.07, 6.45) is -0.448. The number of hydrogen-bond acceptors (Lipinski definition) is 3. The zero-order chi connectivity index (χ0) is 17.3. The van der Waals surface area contributed by atoms with Gasteiger partial charge in [0, 0.05) is 12.6 Å². The van der Waals surface area contributed by atoms with Gasteiger partial charge in [-0.15, -0.1) is 0 Å². The lowest BCUT2D eigenvalue weighted by atomic mass is 10.0. The summed E-state index contributed by atoms with van der Waals surface area (Å²) in [5.41, 5.74) is 0.472. The average molecular weight is 333 g/mol. The van der Waals surface area contributed by atoms with E-state index in [0.29, 0.717) is 11.3 Å². The van der Waals surface area contributed by atoms with Crippen LogP contribution >= 0.6 is 0 Å². The van der Waals surface area contributed by atoms with E-state index in [1.54, 1.807) is 12.1 Å². The van der Waals surface area contributed by atoms with E-state index in [9.17, 15) is 18.7 Å². The van der Waals surface area contributed by atoms with Gasteiger partial charge in [0.1, 0.15) is 17.4 Å². The molecule has 2 atom stereocenters. The Morgan fingerprint density at radius 3 is 2.71 bits per heavy atom. The number of benzene rings is 2. The molecule has 3 rings (SSSR count). The average Bonchev–Trinajstić information content (AvgIpc) is 2.96. The van der Waals surface area contributed by atoms with Gasteiger partial charge in [0.15, 0.2) is 0 Å². The van der Waals surface area contributed by atoms with Gasteiger partial charge < -0.3 is 14.7 Å². The normalized spacial score (nSPS) is 20.2. The molecule has 0 bridgehead atoms. The number of nitrogens with zero attached hydrogens (tertiary/aromatic N) is 1. The second kappa shape index (κ2) is 6.57. The smallest absolute Gasteiger partial charge is 0.257 e. The lowest BCUT2D eigenvalue weighted by Gasteiger charge is -2.25. The number of methoxy groups -OCH3 is 1. The maximum atomic E-state index is 14.2. The molecule has 24 heavy (non-hydrogen) atoms. The van der Waals surface area contributed by atoms with Crippen molar-refractivity contribution in [2.75, 3.05) is 13.7 Å². The molecular weight excluding hydrogens is 316 g/mol. The van der Waals surface area contributed by atoms with Crippen molar-refractivity contribution in [1.82, 2.24) is 4.90 Å². The van der Waals surface area contributed by atoms with Gasteiger partial charge in [0.05, 0.1) is 24.8 Å². The molecule has 0 aromatic heterocycles. The maximum Gasteiger partial charge on any atom is 0.257 e. The molecule has 2 aromatic rings. The number of carbonyl (C=O) groups is 1. The van der Waals surface area contributed by atoms with E-state index in [2.05, 4.69) is 0 Å². The van der Waals surface area contributed by atoms with E-state index in [4.69, 9.17) is 4.74 Å². The van der Waals surface area contributed by atoms with Crippen LogP contribution in [0.4, 0.5) is 8.78 Å². The summed E-state index contributed by atoms with van der Waals surface area (Å²) in [7, 11) is 1.41. The Bertz CT molecular complexity index is 766. The van der Waals surface area contributed by atoms with E-state index < -0.39 is 29.7 Å². The predicted octanol–water partition coefficient (Wildman–Crippen LogP) is 2.92. The number of amides is 1. The Morgan fingerprint density at radius 1 is 1.25 bits per heavy atom. The van der Waals surface area contributed by atoms with E-state index in [1.165, 1.54) is 36.3 Å². The first-order chi connectivity index (χ1) is 11.5. The third-order valence-electron chi connectivity index (χ3n) is 4.18. The summed E-state index contributed by atoms with van der Waals surface area (Å²) < 4.78 is 32.6. The molecule has 1 amide bonds. The Kier molecular flexibility index (Phi) is 4.49. The second-order valence-electron chi connectivity index (χ2n) is 5.76. The van der Waals surface area contributed by atoms with Crippen LogP contribution in [-0.4, -0.2) is 35.7 Å². The van der Waals surface area contributed by atoms with Crippen LogP contribution in [0.1, 0.15) is 28.4 Å². The Morgan fingerprint density at radius 2 is 2.04 bits per heavy atom. The summed E-state index contributed by atoms with van der Waals surface area (Å²) in [5, 5.41) is 9.95. The topological polar surface area (TPSA) is 49.8 Å². The van der Waals surface area contributed by atoms with Crippen LogP contribution in [0.2, 0.25) is 0 Å². The SMILES string of the molecule is COc1ccc(C(=O)N2C[C@@H](O)C[C@H]2c2cccc(F)c2)c(F)c1. The highest BCUT2D eigenvalue weighted by Gasteiger charge is 2.36. The standard InChI is InChI=1S/C18H17F2NO3/c1-24-14-5-6-15(16(20)9-14)18(23)21-10-13(22)8-17(21)11-3-2-4-12(19)7-11/h2-7,9,13,17,22H,8,10H2,1H3/t13-,17-/m0/s1. The number of aliphatic hydroxyl groups is 1. The van der Waals surface area contributed by atoms with Crippen LogP contribution < -0.4 is 4.74 Å². The number of likely N-dealkylation sites (tertiary alicyclic amines) is 1. The molecule has 1 fully saturated rings. The van der Waals surface area contributed by atoms with Crippen LogP contribution in [0, 0.1) is 11.6 Å². The van der Waals surface area contributed by atoms with Crippen LogP contribution in [-0.2, 0) is 0 Å². The van der Waals surface area contributed by atoms with E-state index >= 15 is 0 Å². The van der Waals surface area contributed by atoms with Crippen LogP contribution in [0.15, 0.2) is 42.5 Å². The molecule has 1 saturated heterocycles. The molecule has 126 valence electrons. The van der Waals surface area contributed by atoms with Gasteiger partial charge in [-0.05, 0) is 36.2 Å². The molecule has 0 unspecified atom stereocenters. The maximum absolute atomic E-state index is 14.2. The summed E-state index contributed by atoms with van der Waals surface area (Å²) >= 11 is 0. The van der Waals surface area contributed by atoms with E-state index in [0.717, 1.165) is 6.07 Å². The van der Waals surface area contributed by atoms with Crippen molar-refractivity contribution in [2.24, 2.45) is 0 Å². The van der Waals surface area contributed by atoms with Crippen molar-refractivity contribution in [3.8, 4) is 5.75 Å². The summed E-state index contributed by atoms with van der Waals surface area (Å²) in [5.74, 6) is -1.34. The molecule has 0 aliphatic carbocycles. The fourth-order valence-electron chi connectivity index (χ4n) is 3.02. The van der Waals surface area contributed by atoms with Crippen LogP contribution in [0.25, 0.3) is 0 Å². The van der Waals surface area contributed by atoms with Crippen molar-refractivity contribution in [1.29, 1.82) is 0 Å². The lowest BCUT2D eigenvalue weighted by molar-refractivity contribution is 0.0710. The number of aliphatic hydroxyl groups excluding tert-OH is 1. The van der Waals surface area contributed by atoms with E-state index in [1.807, 2.05) is 0 Å². The second-order valence-corrected chi connectivity index (χ2v) is 5.76. The van der Waals surface area contributed by atoms with Crippen LogP contribution in [0.3, 0.4) is 0 Å². The molecule has 6 heteroatoms. The third kappa shape index (κ3) is 3.10. The summed E-state index contributed by atoms with van der Waals surface area (Å²) in [6, 6.07) is 9.37. The highest BCUT2D eigenvalue weighted by atomic mass is 19.1. The first-order valence-electron chi connectivity index (χ1n) is 7.57. The van der Waals surface area contributed by atoms with Gasteiger partial charge in [-0.25, -0.2) is 8.78 Å². The molecule has 1 aliphatic heterocycles. The highest BCUT2D eigenvalue weighted by Crippen LogP contribution is 2.34. The largest absolute Gasteiger partial charge is 0.497 e. The van der Waals surface area contributed by atoms with Crippen molar-refractivity contribution < 1.29 is 23.4 Å². The first-order valence-corrected chi connectivity index (χ1v) is 7.57. The molecule has 1 aliphatic rings. The monoisotopic (exact) mass is 333 g/mol. The van der Waals surface area contributed by atoms with Gasteiger partial charge in [0.2, 0.25) is 0 Å². The van der Waals surface area contributed by atoms with Crippen molar-refractivity contribution in [2.45, 2.75) is 18.6 Å². The summed E-state index contributed by atoms with van der Waals surface area (Å²) in [4.78, 5) is 14.1. The molecule has 0 radical (unpaired) electrons. The Labute approximate surface area is 138 Å². The van der Waals surface area contributed by atoms with Gasteiger partial charge in [-0.1, -0.05) is 12.1 Å². The molecule has 0 saturated carbocycles. The first kappa shape index (κ1) is 16.4. The third-order valence-corrected chi connectivity index (χ3v) is 4.18. The predicted molar refractivity (Wildman–Crippen MR) is 83.8 cm³/mol. The minimum Gasteiger partial charge on any atom is -0.497 e. The van der Waals surface area contributed by atoms with E-state index in [-0.39, 0.29) is 18.5 Å². The zero-order valence-corrected chi connectivity index (χ0v) is 13.1. The van der Waals surface area contributed by atoms with Crippen molar-refractivity contribution in [3.63, 3.8) is 0 Å². The number of halogens is 2. The number of carbonyl (C=O) groups excluding carboxylic acids is 1. The molecule has 0 spiro atoms. The minimum atomic E-state index is -0.733. The molecule has 4 nitrogen and oxygen atoms in total. The fraction of sp³-hybridized carbons (Fsp3) is 0.278. The van der Waals surface area contributed by atoms with Crippen LogP contribution in [0.5, 0.6) is 5.75 Å². The molecule has 1 heterocycles. The van der Waals surface area contributed by atoms with Crippen molar-refractivity contribution in [3.05, 3.63) is 65.2 Å². The van der Waals surface area contributed by atoms with Gasteiger partial charge in [-0.2, -0.15) is 0 Å². The fourth-order valence-corrected chi connectivity index (χ4v) is 3.02. The Balaban J connectivity index is 1.92. The van der Waals surface area contributed by atoms with Gasteiger partial charge in [-0.3, -0.25) is 4.79 Å². The summed E-state index contributed by atoms with van der Waals surface area (Å²) in [6.45, 7) is 0.0749.